The third-order valence-electron chi connectivity index (χ3n) is 3.42. The van der Waals surface area contributed by atoms with Crippen molar-refractivity contribution in [2.75, 3.05) is 13.7 Å². The van der Waals surface area contributed by atoms with E-state index in [-0.39, 0.29) is 5.56 Å². The molecule has 1 aromatic heterocycles. The van der Waals surface area contributed by atoms with Gasteiger partial charge in [-0.25, -0.2) is 9.59 Å². The summed E-state index contributed by atoms with van der Waals surface area (Å²) in [6.45, 7) is -0.547. The summed E-state index contributed by atoms with van der Waals surface area (Å²) in [4.78, 5) is 36.7. The van der Waals surface area contributed by atoms with Crippen molar-refractivity contribution in [3.8, 4) is 0 Å². The second-order valence-electron chi connectivity index (χ2n) is 4.85. The Labute approximate surface area is 129 Å². The van der Waals surface area contributed by atoms with Gasteiger partial charge in [0.15, 0.2) is 0 Å². The van der Waals surface area contributed by atoms with Gasteiger partial charge >= 0.3 is 11.7 Å². The molecule has 0 aromatic carbocycles. The molecule has 0 spiro atoms. The SMILES string of the molecule is COC(=O)/C=C/n1cc([C@@H]2O[C@H](CO)C(O)[C@@H]2O)c(=O)[nH]c1=O. The van der Waals surface area contributed by atoms with Gasteiger partial charge in [-0.3, -0.25) is 14.3 Å². The molecule has 0 amide bonds. The van der Waals surface area contributed by atoms with Crippen LogP contribution < -0.4 is 11.2 Å². The summed E-state index contributed by atoms with van der Waals surface area (Å²) in [5, 5.41) is 28.7. The first-order valence-corrected chi connectivity index (χ1v) is 6.63. The predicted octanol–water partition coefficient (Wildman–Crippen LogP) is -2.67. The van der Waals surface area contributed by atoms with Crippen molar-refractivity contribution < 1.29 is 29.6 Å². The molecule has 0 saturated carbocycles. The fraction of sp³-hybridized carbons (Fsp3) is 0.462. The number of nitrogens with zero attached hydrogens (tertiary/aromatic N) is 1. The fourth-order valence-electron chi connectivity index (χ4n) is 2.18. The number of hydrogen-bond donors (Lipinski definition) is 4. The number of H-pyrrole nitrogens is 1. The van der Waals surface area contributed by atoms with Gasteiger partial charge in [-0.2, -0.15) is 0 Å². The largest absolute Gasteiger partial charge is 0.466 e. The molecule has 0 bridgehead atoms. The first-order chi connectivity index (χ1) is 10.9. The van der Waals surface area contributed by atoms with Crippen LogP contribution in [0, 0.1) is 0 Å². The fourth-order valence-corrected chi connectivity index (χ4v) is 2.18. The number of aliphatic hydroxyl groups is 3. The van der Waals surface area contributed by atoms with E-state index in [2.05, 4.69) is 4.74 Å². The van der Waals surface area contributed by atoms with Gasteiger partial charge in [-0.05, 0) is 0 Å². The molecular formula is C13H16N2O8. The Morgan fingerprint density at radius 3 is 2.70 bits per heavy atom. The maximum absolute atomic E-state index is 11.9. The second-order valence-corrected chi connectivity index (χ2v) is 4.85. The van der Waals surface area contributed by atoms with E-state index >= 15 is 0 Å². The molecule has 1 aliphatic heterocycles. The smallest absolute Gasteiger partial charge is 0.332 e. The minimum atomic E-state index is -1.45. The maximum atomic E-state index is 11.9. The van der Waals surface area contributed by atoms with Gasteiger partial charge < -0.3 is 24.8 Å². The zero-order chi connectivity index (χ0) is 17.1. The normalized spacial score (nSPS) is 27.5. The zero-order valence-corrected chi connectivity index (χ0v) is 12.1. The van der Waals surface area contributed by atoms with Crippen LogP contribution in [-0.4, -0.2) is 62.9 Å². The molecule has 23 heavy (non-hydrogen) atoms. The summed E-state index contributed by atoms with van der Waals surface area (Å²) >= 11 is 0. The Morgan fingerprint density at radius 2 is 2.13 bits per heavy atom. The molecule has 1 aliphatic rings. The summed E-state index contributed by atoms with van der Waals surface area (Å²) < 4.78 is 10.5. The van der Waals surface area contributed by atoms with Gasteiger partial charge in [0.25, 0.3) is 5.56 Å². The highest BCUT2D eigenvalue weighted by molar-refractivity contribution is 5.84. The van der Waals surface area contributed by atoms with E-state index in [1.807, 2.05) is 4.98 Å². The van der Waals surface area contributed by atoms with Gasteiger partial charge in [0.05, 0.1) is 19.3 Å². The van der Waals surface area contributed by atoms with Crippen LogP contribution in [0.3, 0.4) is 0 Å². The van der Waals surface area contributed by atoms with Gasteiger partial charge in [0, 0.05) is 18.5 Å². The Balaban J connectivity index is 2.40. The highest BCUT2D eigenvalue weighted by Gasteiger charge is 2.44. The maximum Gasteiger partial charge on any atom is 0.332 e. The third-order valence-corrected chi connectivity index (χ3v) is 3.42. The Hall–Kier alpha value is -2.27. The number of aromatic nitrogens is 2. The van der Waals surface area contributed by atoms with E-state index in [1.54, 1.807) is 0 Å². The minimum Gasteiger partial charge on any atom is -0.466 e. The van der Waals surface area contributed by atoms with Gasteiger partial charge in [0.2, 0.25) is 0 Å². The average molecular weight is 328 g/mol. The van der Waals surface area contributed by atoms with Crippen molar-refractivity contribution >= 4 is 12.2 Å². The molecule has 0 aliphatic carbocycles. The van der Waals surface area contributed by atoms with Crippen LogP contribution in [-0.2, 0) is 14.3 Å². The van der Waals surface area contributed by atoms with Crippen molar-refractivity contribution in [2.24, 2.45) is 0 Å². The number of nitrogens with one attached hydrogen (secondary N) is 1. The van der Waals surface area contributed by atoms with E-state index in [0.29, 0.717) is 0 Å². The van der Waals surface area contributed by atoms with Gasteiger partial charge in [0.1, 0.15) is 24.4 Å². The van der Waals surface area contributed by atoms with E-state index in [1.165, 1.54) is 0 Å². The lowest BCUT2D eigenvalue weighted by Crippen LogP contribution is -2.35. The van der Waals surface area contributed by atoms with Crippen LogP contribution in [0.5, 0.6) is 0 Å². The number of aliphatic hydroxyl groups excluding tert-OH is 3. The van der Waals surface area contributed by atoms with E-state index in [0.717, 1.165) is 30.1 Å². The molecule has 2 rings (SSSR count). The van der Waals surface area contributed by atoms with Crippen LogP contribution in [0.2, 0.25) is 0 Å². The van der Waals surface area contributed by atoms with Crippen LogP contribution in [0.25, 0.3) is 6.20 Å². The number of methoxy groups -OCH3 is 1. The lowest BCUT2D eigenvalue weighted by molar-refractivity contribution is -0.134. The highest BCUT2D eigenvalue weighted by atomic mass is 16.6. The van der Waals surface area contributed by atoms with Crippen molar-refractivity contribution in [2.45, 2.75) is 24.4 Å². The molecule has 1 fully saturated rings. The summed E-state index contributed by atoms with van der Waals surface area (Å²) in [5.41, 5.74) is -1.76. The first kappa shape index (κ1) is 17.1. The second kappa shape index (κ2) is 6.87. The molecule has 1 unspecified atom stereocenters. The van der Waals surface area contributed by atoms with Gasteiger partial charge in [-0.1, -0.05) is 0 Å². The third kappa shape index (κ3) is 3.40. The van der Waals surface area contributed by atoms with E-state index in [4.69, 9.17) is 9.84 Å². The molecular weight excluding hydrogens is 312 g/mol. The van der Waals surface area contributed by atoms with E-state index < -0.39 is 48.2 Å². The molecule has 2 heterocycles. The number of carbonyl (C=O) groups is 1. The number of aromatic amines is 1. The quantitative estimate of drug-likeness (QED) is 0.345. The van der Waals surface area contributed by atoms with Crippen molar-refractivity contribution in [1.82, 2.24) is 9.55 Å². The summed E-state index contributed by atoms with van der Waals surface area (Å²) in [5.74, 6) is -0.711. The number of hydrogen-bond acceptors (Lipinski definition) is 8. The van der Waals surface area contributed by atoms with Crippen LogP contribution >= 0.6 is 0 Å². The van der Waals surface area contributed by atoms with Gasteiger partial charge in [-0.15, -0.1) is 0 Å². The van der Waals surface area contributed by atoms with Crippen LogP contribution in [0.4, 0.5) is 0 Å². The topological polar surface area (TPSA) is 151 Å². The number of carbonyl (C=O) groups excluding carboxylic acids is 1. The molecule has 126 valence electrons. The lowest BCUT2D eigenvalue weighted by Gasteiger charge is -2.14. The Bertz CT molecular complexity index is 721. The Morgan fingerprint density at radius 1 is 1.43 bits per heavy atom. The predicted molar refractivity (Wildman–Crippen MR) is 75.4 cm³/mol. The number of ether oxygens (including phenoxy) is 2. The molecule has 1 aromatic rings. The lowest BCUT2D eigenvalue weighted by atomic mass is 10.0. The van der Waals surface area contributed by atoms with Crippen molar-refractivity contribution in [1.29, 1.82) is 0 Å². The van der Waals surface area contributed by atoms with Crippen molar-refractivity contribution in [3.05, 3.63) is 38.7 Å². The summed E-state index contributed by atoms with van der Waals surface area (Å²) in [6.07, 6.45) is -2.03. The molecule has 4 N–H and O–H groups in total. The van der Waals surface area contributed by atoms with Crippen LogP contribution in [0.1, 0.15) is 11.7 Å². The van der Waals surface area contributed by atoms with E-state index in [9.17, 15) is 24.6 Å². The average Bonchev–Trinajstić information content (AvgIpc) is 2.81. The molecule has 10 heteroatoms. The molecule has 10 nitrogen and oxygen atoms in total. The standard InChI is InChI=1S/C13H16N2O8/c1-22-8(17)2-3-15-4-6(12(20)14-13(15)21)11-10(19)9(18)7(5-16)23-11/h2-4,7,9-11,16,18-19H,5H2,1H3,(H,14,20,21)/b3-2+/t7-,9?,10+,11+/m1/s1. The zero-order valence-electron chi connectivity index (χ0n) is 12.1. The first-order valence-electron chi connectivity index (χ1n) is 6.63. The van der Waals surface area contributed by atoms with Crippen molar-refractivity contribution in [3.63, 3.8) is 0 Å². The molecule has 1 saturated heterocycles. The highest BCUT2D eigenvalue weighted by Crippen LogP contribution is 2.31. The summed E-state index contributed by atoms with van der Waals surface area (Å²) in [7, 11) is 1.16. The monoisotopic (exact) mass is 328 g/mol. The minimum absolute atomic E-state index is 0.137. The Kier molecular flexibility index (Phi) is 5.11. The van der Waals surface area contributed by atoms with Crippen LogP contribution in [0.15, 0.2) is 21.9 Å². The number of esters is 1. The number of rotatable bonds is 4. The molecule has 0 radical (unpaired) electrons. The molecule has 4 atom stereocenters. The summed E-state index contributed by atoms with van der Waals surface area (Å²) in [6, 6.07) is 0.